The molecule has 0 aromatic heterocycles. The van der Waals surface area contributed by atoms with Gasteiger partial charge in [-0.25, -0.2) is 0 Å². The molecule has 2 fully saturated rings. The van der Waals surface area contributed by atoms with E-state index in [4.69, 9.17) is 14.2 Å². The normalized spacial score (nSPS) is 20.4. The fourth-order valence-electron chi connectivity index (χ4n) is 4.68. The number of rotatable bonds is 6. The van der Waals surface area contributed by atoms with E-state index < -0.39 is 5.79 Å². The maximum absolute atomic E-state index is 12.2. The molecule has 6 nitrogen and oxygen atoms in total. The van der Waals surface area contributed by atoms with Crippen LogP contribution in [0.15, 0.2) is 18.2 Å². The molecule has 1 spiro atoms. The van der Waals surface area contributed by atoms with Gasteiger partial charge in [-0.2, -0.15) is 0 Å². The molecule has 1 aliphatic heterocycles. The molecule has 1 amide bonds. The van der Waals surface area contributed by atoms with Gasteiger partial charge in [-0.05, 0) is 37.3 Å². The van der Waals surface area contributed by atoms with Crippen molar-refractivity contribution in [2.75, 3.05) is 11.9 Å². The standard InChI is InChI=1S/C23H31NO5/c25-21(16-27-22(26)12-9-17-7-3-1-4-8-17)24-18-10-11-19-20(15-18)29-23(28-19)13-5-2-6-14-23/h10-11,15,17H,1-9,12-14,16H2,(H,24,25). The van der Waals surface area contributed by atoms with Crippen molar-refractivity contribution in [3.8, 4) is 11.5 Å². The largest absolute Gasteiger partial charge is 0.456 e. The van der Waals surface area contributed by atoms with Crippen LogP contribution in [0.4, 0.5) is 5.69 Å². The lowest BCUT2D eigenvalue weighted by atomic mass is 9.86. The fraction of sp³-hybridized carbons (Fsp3) is 0.652. The highest BCUT2D eigenvalue weighted by Crippen LogP contribution is 2.46. The number of esters is 1. The molecule has 29 heavy (non-hydrogen) atoms. The SMILES string of the molecule is O=C(COC(=O)CCC1CCCCC1)Nc1ccc2c(c1)OC1(CCCCC1)O2. The minimum absolute atomic E-state index is 0.262. The second-order valence-corrected chi connectivity index (χ2v) is 8.59. The number of fused-ring (bicyclic) bond motifs is 1. The van der Waals surface area contributed by atoms with Crippen LogP contribution in [-0.2, 0) is 14.3 Å². The first-order valence-corrected chi connectivity index (χ1v) is 11.1. The van der Waals surface area contributed by atoms with Gasteiger partial charge in [-0.15, -0.1) is 0 Å². The third kappa shape index (κ3) is 5.22. The van der Waals surface area contributed by atoms with Gasteiger partial charge in [0.05, 0.1) is 0 Å². The Morgan fingerprint density at radius 3 is 2.52 bits per heavy atom. The smallest absolute Gasteiger partial charge is 0.306 e. The number of hydrogen-bond donors (Lipinski definition) is 1. The van der Waals surface area contributed by atoms with E-state index in [1.807, 2.05) is 6.07 Å². The van der Waals surface area contributed by atoms with Crippen LogP contribution >= 0.6 is 0 Å². The zero-order valence-corrected chi connectivity index (χ0v) is 17.0. The Bertz CT molecular complexity index is 735. The summed E-state index contributed by atoms with van der Waals surface area (Å²) in [5.74, 6) is 0.842. The van der Waals surface area contributed by atoms with Crippen LogP contribution in [0.3, 0.4) is 0 Å². The molecule has 1 heterocycles. The summed E-state index contributed by atoms with van der Waals surface area (Å²) in [6.07, 6.45) is 12.7. The topological polar surface area (TPSA) is 73.9 Å². The number of anilines is 1. The summed E-state index contributed by atoms with van der Waals surface area (Å²) in [6.45, 7) is -0.262. The van der Waals surface area contributed by atoms with Crippen molar-refractivity contribution < 1.29 is 23.8 Å². The molecule has 3 aliphatic rings. The predicted molar refractivity (Wildman–Crippen MR) is 109 cm³/mol. The van der Waals surface area contributed by atoms with Gasteiger partial charge in [-0.3, -0.25) is 9.59 Å². The molecule has 6 heteroatoms. The highest BCUT2D eigenvalue weighted by atomic mass is 16.7. The van der Waals surface area contributed by atoms with Crippen LogP contribution in [0.5, 0.6) is 11.5 Å². The first kappa shape index (κ1) is 20.0. The van der Waals surface area contributed by atoms with Crippen LogP contribution in [0.2, 0.25) is 0 Å². The molecule has 1 aromatic carbocycles. The number of hydrogen-bond acceptors (Lipinski definition) is 5. The van der Waals surface area contributed by atoms with Crippen molar-refractivity contribution in [2.45, 2.75) is 82.8 Å². The Morgan fingerprint density at radius 2 is 1.72 bits per heavy atom. The monoisotopic (exact) mass is 401 g/mol. The number of carbonyl (C=O) groups is 2. The number of benzene rings is 1. The Balaban J connectivity index is 1.21. The molecule has 1 N–H and O–H groups in total. The van der Waals surface area contributed by atoms with Gasteiger partial charge in [0.25, 0.3) is 11.7 Å². The van der Waals surface area contributed by atoms with E-state index in [9.17, 15) is 9.59 Å². The van der Waals surface area contributed by atoms with Crippen molar-refractivity contribution in [3.05, 3.63) is 18.2 Å². The zero-order chi connectivity index (χ0) is 20.1. The average molecular weight is 402 g/mol. The summed E-state index contributed by atoms with van der Waals surface area (Å²) >= 11 is 0. The Hall–Kier alpha value is -2.24. The quantitative estimate of drug-likeness (QED) is 0.682. The van der Waals surface area contributed by atoms with E-state index in [1.165, 1.54) is 38.5 Å². The summed E-state index contributed by atoms with van der Waals surface area (Å²) in [6, 6.07) is 5.39. The van der Waals surface area contributed by atoms with Crippen molar-refractivity contribution in [1.29, 1.82) is 0 Å². The maximum atomic E-state index is 12.2. The van der Waals surface area contributed by atoms with Crippen molar-refractivity contribution in [3.63, 3.8) is 0 Å². The van der Waals surface area contributed by atoms with Gasteiger partial charge in [0.2, 0.25) is 0 Å². The Kier molecular flexibility index (Phi) is 6.26. The molecular formula is C23H31NO5. The predicted octanol–water partition coefficient (Wildman–Crippen LogP) is 4.96. The summed E-state index contributed by atoms with van der Waals surface area (Å²) in [7, 11) is 0. The van der Waals surface area contributed by atoms with E-state index in [0.29, 0.717) is 23.8 Å². The molecule has 2 saturated carbocycles. The molecule has 2 aliphatic carbocycles. The summed E-state index contributed by atoms with van der Waals surface area (Å²) in [5.41, 5.74) is 0.614. The summed E-state index contributed by atoms with van der Waals surface area (Å²) in [4.78, 5) is 24.1. The van der Waals surface area contributed by atoms with Crippen molar-refractivity contribution in [1.82, 2.24) is 0 Å². The van der Waals surface area contributed by atoms with E-state index in [-0.39, 0.29) is 18.5 Å². The zero-order valence-electron chi connectivity index (χ0n) is 17.0. The average Bonchev–Trinajstić information content (AvgIpc) is 3.08. The van der Waals surface area contributed by atoms with E-state index >= 15 is 0 Å². The van der Waals surface area contributed by atoms with Crippen molar-refractivity contribution >= 4 is 17.6 Å². The van der Waals surface area contributed by atoms with Crippen LogP contribution in [-0.4, -0.2) is 24.3 Å². The molecule has 0 bridgehead atoms. The molecule has 0 radical (unpaired) electrons. The first-order chi connectivity index (χ1) is 14.1. The second kappa shape index (κ2) is 9.06. The fourth-order valence-corrected chi connectivity index (χ4v) is 4.68. The number of amides is 1. The number of carbonyl (C=O) groups excluding carboxylic acids is 2. The van der Waals surface area contributed by atoms with Gasteiger partial charge < -0.3 is 19.5 Å². The van der Waals surface area contributed by atoms with Crippen LogP contribution < -0.4 is 14.8 Å². The molecular weight excluding hydrogens is 370 g/mol. The minimum Gasteiger partial charge on any atom is -0.456 e. The molecule has 0 unspecified atom stereocenters. The summed E-state index contributed by atoms with van der Waals surface area (Å²) < 4.78 is 17.3. The highest BCUT2D eigenvalue weighted by Gasteiger charge is 2.42. The van der Waals surface area contributed by atoms with Crippen LogP contribution in [0, 0.1) is 5.92 Å². The first-order valence-electron chi connectivity index (χ1n) is 11.1. The highest BCUT2D eigenvalue weighted by molar-refractivity contribution is 5.93. The van der Waals surface area contributed by atoms with E-state index in [0.717, 1.165) is 37.9 Å². The molecule has 0 saturated heterocycles. The molecule has 1 aromatic rings. The lowest BCUT2D eigenvalue weighted by Gasteiger charge is -2.31. The minimum atomic E-state index is -0.531. The molecule has 158 valence electrons. The van der Waals surface area contributed by atoms with Crippen molar-refractivity contribution in [2.24, 2.45) is 5.92 Å². The van der Waals surface area contributed by atoms with Gasteiger partial charge in [-0.1, -0.05) is 38.5 Å². The van der Waals surface area contributed by atoms with Gasteiger partial charge in [0.1, 0.15) is 0 Å². The van der Waals surface area contributed by atoms with Crippen LogP contribution in [0.25, 0.3) is 0 Å². The van der Waals surface area contributed by atoms with E-state index in [1.54, 1.807) is 12.1 Å². The molecule has 4 rings (SSSR count). The maximum Gasteiger partial charge on any atom is 0.306 e. The number of nitrogens with one attached hydrogen (secondary N) is 1. The second-order valence-electron chi connectivity index (χ2n) is 8.59. The lowest BCUT2D eigenvalue weighted by Crippen LogP contribution is -2.40. The van der Waals surface area contributed by atoms with Gasteiger partial charge >= 0.3 is 5.97 Å². The number of ether oxygens (including phenoxy) is 3. The lowest BCUT2D eigenvalue weighted by molar-refractivity contribution is -0.147. The Labute approximate surface area is 172 Å². The molecule has 0 atom stereocenters. The third-order valence-electron chi connectivity index (χ3n) is 6.28. The van der Waals surface area contributed by atoms with Gasteiger partial charge in [0.15, 0.2) is 18.1 Å². The summed E-state index contributed by atoms with van der Waals surface area (Å²) in [5, 5.41) is 2.77. The Morgan fingerprint density at radius 1 is 1.00 bits per heavy atom. The van der Waals surface area contributed by atoms with E-state index in [2.05, 4.69) is 5.32 Å². The van der Waals surface area contributed by atoms with Crippen LogP contribution in [0.1, 0.15) is 77.0 Å². The third-order valence-corrected chi connectivity index (χ3v) is 6.28. The van der Waals surface area contributed by atoms with Gasteiger partial charge in [0, 0.05) is 31.0 Å².